The van der Waals surface area contributed by atoms with E-state index in [0.29, 0.717) is 17.0 Å². The van der Waals surface area contributed by atoms with Crippen LogP contribution in [0.1, 0.15) is 11.3 Å². The second-order valence-electron chi connectivity index (χ2n) is 5.34. The minimum atomic E-state index is -0.313. The summed E-state index contributed by atoms with van der Waals surface area (Å²) in [7, 11) is 1.58. The predicted octanol–water partition coefficient (Wildman–Crippen LogP) is 2.04. The number of hydrogen-bond donors (Lipinski definition) is 2. The second-order valence-corrected chi connectivity index (χ2v) is 5.34. The maximum Gasteiger partial charge on any atom is 0.290 e. The highest BCUT2D eigenvalue weighted by molar-refractivity contribution is 5.77. The van der Waals surface area contributed by atoms with Gasteiger partial charge in [-0.3, -0.25) is 9.89 Å². The van der Waals surface area contributed by atoms with Crippen LogP contribution in [-0.4, -0.2) is 20.0 Å². The number of nitrogens with zero attached hydrogens (tertiary/aromatic N) is 3. The predicted molar refractivity (Wildman–Crippen MR) is 86.4 cm³/mol. The van der Waals surface area contributed by atoms with Gasteiger partial charge in [-0.05, 0) is 19.9 Å². The van der Waals surface area contributed by atoms with Crippen molar-refractivity contribution in [2.45, 2.75) is 13.8 Å². The van der Waals surface area contributed by atoms with E-state index in [9.17, 15) is 4.79 Å². The molecule has 0 saturated heterocycles. The Kier molecular flexibility index (Phi) is 3.29. The van der Waals surface area contributed by atoms with Crippen LogP contribution in [0.4, 0.5) is 5.69 Å². The van der Waals surface area contributed by atoms with Crippen LogP contribution in [0.3, 0.4) is 0 Å². The first-order valence-corrected chi connectivity index (χ1v) is 6.93. The molecule has 6 nitrogen and oxygen atoms in total. The lowest BCUT2D eigenvalue weighted by Gasteiger charge is -2.07. The smallest absolute Gasteiger partial charge is 0.290 e. The first kappa shape index (κ1) is 14.1. The van der Waals surface area contributed by atoms with Crippen molar-refractivity contribution in [1.82, 2.24) is 20.0 Å². The lowest BCUT2D eigenvalue weighted by Crippen LogP contribution is -2.24. The highest BCUT2D eigenvalue weighted by Gasteiger charge is 2.15. The molecule has 0 spiro atoms. The number of nitrogens with two attached hydrogens (primary N) is 1. The molecule has 112 valence electrons. The number of aromatic amines is 1. The molecule has 0 radical (unpaired) electrons. The molecule has 0 aliphatic rings. The Morgan fingerprint density at radius 2 is 1.86 bits per heavy atom. The topological polar surface area (TPSA) is 89.6 Å². The second kappa shape index (κ2) is 5.14. The van der Waals surface area contributed by atoms with Crippen LogP contribution in [0, 0.1) is 13.8 Å². The largest absolute Gasteiger partial charge is 0.394 e. The van der Waals surface area contributed by atoms with Crippen LogP contribution >= 0.6 is 0 Å². The van der Waals surface area contributed by atoms with Gasteiger partial charge in [-0.2, -0.15) is 10.2 Å². The Morgan fingerprint density at radius 1 is 1.18 bits per heavy atom. The van der Waals surface area contributed by atoms with E-state index in [0.717, 1.165) is 11.3 Å². The van der Waals surface area contributed by atoms with Gasteiger partial charge in [0.2, 0.25) is 0 Å². The molecule has 2 aromatic heterocycles. The number of aryl methyl sites for hydroxylation is 3. The van der Waals surface area contributed by atoms with E-state index in [1.54, 1.807) is 7.05 Å². The first-order valence-electron chi connectivity index (χ1n) is 6.93. The van der Waals surface area contributed by atoms with Crippen molar-refractivity contribution < 1.29 is 0 Å². The molecule has 1 aromatic carbocycles. The zero-order chi connectivity index (χ0) is 15.9. The molecule has 0 fully saturated rings. The summed E-state index contributed by atoms with van der Waals surface area (Å²) in [4.78, 5) is 12.0. The van der Waals surface area contributed by atoms with E-state index in [1.807, 2.05) is 44.2 Å². The third-order valence-electron chi connectivity index (χ3n) is 3.65. The molecule has 3 N–H and O–H groups in total. The van der Waals surface area contributed by atoms with Crippen LogP contribution in [0.5, 0.6) is 0 Å². The SMILES string of the molecule is Cc1ccc(-c2cc(-c3c(C)nn(C)c(=O)c3N)[nH]n2)cc1. The molecule has 0 aliphatic heterocycles. The lowest BCUT2D eigenvalue weighted by atomic mass is 10.1. The van der Waals surface area contributed by atoms with Crippen molar-refractivity contribution in [2.75, 3.05) is 5.73 Å². The minimum Gasteiger partial charge on any atom is -0.394 e. The van der Waals surface area contributed by atoms with Gasteiger partial charge in [-0.25, -0.2) is 4.68 Å². The van der Waals surface area contributed by atoms with Gasteiger partial charge in [0.15, 0.2) is 0 Å². The molecule has 0 unspecified atom stereocenters. The number of nitrogen functional groups attached to an aromatic ring is 1. The Bertz CT molecular complexity index is 890. The van der Waals surface area contributed by atoms with Crippen molar-refractivity contribution in [3.63, 3.8) is 0 Å². The highest BCUT2D eigenvalue weighted by Crippen LogP contribution is 2.27. The zero-order valence-corrected chi connectivity index (χ0v) is 12.7. The number of benzene rings is 1. The average Bonchev–Trinajstić information content (AvgIpc) is 2.95. The summed E-state index contributed by atoms with van der Waals surface area (Å²) < 4.78 is 1.24. The summed E-state index contributed by atoms with van der Waals surface area (Å²) in [5, 5.41) is 11.4. The lowest BCUT2D eigenvalue weighted by molar-refractivity contribution is 0.697. The normalized spacial score (nSPS) is 10.9. The zero-order valence-electron chi connectivity index (χ0n) is 12.7. The van der Waals surface area contributed by atoms with Crippen molar-refractivity contribution in [3.05, 3.63) is 51.9 Å². The maximum atomic E-state index is 12.0. The third-order valence-corrected chi connectivity index (χ3v) is 3.65. The van der Waals surface area contributed by atoms with Crippen molar-refractivity contribution in [3.8, 4) is 22.5 Å². The van der Waals surface area contributed by atoms with Crippen molar-refractivity contribution >= 4 is 5.69 Å². The highest BCUT2D eigenvalue weighted by atomic mass is 16.1. The van der Waals surface area contributed by atoms with Gasteiger partial charge in [0.1, 0.15) is 5.69 Å². The fourth-order valence-electron chi connectivity index (χ4n) is 2.46. The van der Waals surface area contributed by atoms with Crippen molar-refractivity contribution in [2.24, 2.45) is 7.05 Å². The fraction of sp³-hybridized carbons (Fsp3) is 0.188. The maximum absolute atomic E-state index is 12.0. The standard InChI is InChI=1S/C16H17N5O/c1-9-4-6-11(7-5-9)12-8-13(19-18-12)14-10(2)20-21(3)16(22)15(14)17/h4-8H,17H2,1-3H3,(H,18,19). The molecule has 22 heavy (non-hydrogen) atoms. The number of anilines is 1. The van der Waals surface area contributed by atoms with Crippen molar-refractivity contribution in [1.29, 1.82) is 0 Å². The molecule has 3 aromatic rings. The van der Waals surface area contributed by atoms with E-state index < -0.39 is 0 Å². The number of rotatable bonds is 2. The van der Waals surface area contributed by atoms with Gasteiger partial charge in [-0.1, -0.05) is 29.8 Å². The van der Waals surface area contributed by atoms with E-state index in [2.05, 4.69) is 15.3 Å². The molecule has 0 bridgehead atoms. The molecule has 0 aliphatic carbocycles. The van der Waals surface area contributed by atoms with Gasteiger partial charge in [0, 0.05) is 12.6 Å². The number of H-pyrrole nitrogens is 1. The van der Waals surface area contributed by atoms with Crippen LogP contribution in [0.2, 0.25) is 0 Å². The third kappa shape index (κ3) is 2.28. The minimum absolute atomic E-state index is 0.175. The molecule has 0 amide bonds. The summed E-state index contributed by atoms with van der Waals surface area (Å²) in [5.74, 6) is 0. The Balaban J connectivity index is 2.10. The van der Waals surface area contributed by atoms with E-state index in [-0.39, 0.29) is 11.2 Å². The quantitative estimate of drug-likeness (QED) is 0.757. The van der Waals surface area contributed by atoms with Crippen LogP contribution in [-0.2, 0) is 7.05 Å². The summed E-state index contributed by atoms with van der Waals surface area (Å²) in [6.45, 7) is 3.85. The van der Waals surface area contributed by atoms with Crippen LogP contribution < -0.4 is 11.3 Å². The number of nitrogens with one attached hydrogen (secondary N) is 1. The summed E-state index contributed by atoms with van der Waals surface area (Å²) >= 11 is 0. The summed E-state index contributed by atoms with van der Waals surface area (Å²) in [5.41, 5.74) is 10.8. The molecular weight excluding hydrogens is 278 g/mol. The van der Waals surface area contributed by atoms with Gasteiger partial charge in [0.05, 0.1) is 22.6 Å². The Labute approximate surface area is 127 Å². The van der Waals surface area contributed by atoms with Gasteiger partial charge < -0.3 is 5.73 Å². The molecule has 0 saturated carbocycles. The monoisotopic (exact) mass is 295 g/mol. The van der Waals surface area contributed by atoms with Gasteiger partial charge in [-0.15, -0.1) is 0 Å². The molecule has 0 atom stereocenters. The first-order chi connectivity index (χ1) is 10.5. The molecular formula is C16H17N5O. The number of aromatic nitrogens is 4. The van der Waals surface area contributed by atoms with E-state index in [1.165, 1.54) is 10.2 Å². The van der Waals surface area contributed by atoms with Crippen LogP contribution in [0.15, 0.2) is 35.1 Å². The Hall–Kier alpha value is -2.89. The molecule has 3 rings (SSSR count). The fourth-order valence-corrected chi connectivity index (χ4v) is 2.46. The molecule has 2 heterocycles. The summed E-state index contributed by atoms with van der Waals surface area (Å²) in [6.07, 6.45) is 0. The van der Waals surface area contributed by atoms with Gasteiger partial charge >= 0.3 is 0 Å². The van der Waals surface area contributed by atoms with E-state index in [4.69, 9.17) is 5.73 Å². The van der Waals surface area contributed by atoms with Crippen LogP contribution in [0.25, 0.3) is 22.5 Å². The van der Waals surface area contributed by atoms with Gasteiger partial charge in [0.25, 0.3) is 5.56 Å². The average molecular weight is 295 g/mol. The molecule has 6 heteroatoms. The summed E-state index contributed by atoms with van der Waals surface area (Å²) in [6, 6.07) is 9.96. The Morgan fingerprint density at radius 3 is 2.55 bits per heavy atom. The number of hydrogen-bond acceptors (Lipinski definition) is 4. The van der Waals surface area contributed by atoms with E-state index >= 15 is 0 Å².